The van der Waals surface area contributed by atoms with Gasteiger partial charge in [-0.2, -0.15) is 0 Å². The molecule has 0 bridgehead atoms. The van der Waals surface area contributed by atoms with E-state index in [1.165, 1.54) is 0 Å². The molecule has 10 heavy (non-hydrogen) atoms. The third-order valence-corrected chi connectivity index (χ3v) is 1.09. The van der Waals surface area contributed by atoms with Crippen molar-refractivity contribution in [3.8, 4) is 12.0 Å². The summed E-state index contributed by atoms with van der Waals surface area (Å²) < 4.78 is 0. The van der Waals surface area contributed by atoms with Crippen molar-refractivity contribution >= 4 is 0 Å². The first-order valence-corrected chi connectivity index (χ1v) is 2.96. The van der Waals surface area contributed by atoms with Crippen LogP contribution < -0.4 is 5.73 Å². The number of nitrogens with zero attached hydrogens (tertiary/aromatic N) is 1. The maximum atomic E-state index is 5.02. The van der Waals surface area contributed by atoms with E-state index in [1.54, 1.807) is 12.4 Å². The summed E-state index contributed by atoms with van der Waals surface area (Å²) >= 11 is 0. The number of pyridine rings is 1. The molecule has 0 saturated heterocycles. The lowest BCUT2D eigenvalue weighted by atomic mass is 10.2. The number of rotatable bonds is 0. The second-order valence-electron chi connectivity index (χ2n) is 2.02. The molecule has 0 fully saturated rings. The summed E-state index contributed by atoms with van der Waals surface area (Å²) in [4.78, 5) is 3.94. The van der Waals surface area contributed by atoms with E-state index in [0.717, 1.165) is 11.1 Å². The molecule has 0 atom stereocenters. The zero-order valence-electron chi connectivity index (χ0n) is 5.76. The maximum Gasteiger partial charge on any atom is 0.0449 e. The van der Waals surface area contributed by atoms with E-state index in [4.69, 9.17) is 5.73 Å². The Hall–Kier alpha value is -1.49. The normalized spacial score (nSPS) is 8.10. The highest BCUT2D eigenvalue weighted by atomic mass is 14.6. The van der Waals surface area contributed by atoms with Crippen LogP contribution in [0.5, 0.6) is 0 Å². The number of aryl methyl sites for hydroxylation is 1. The van der Waals surface area contributed by atoms with Gasteiger partial charge < -0.3 is 5.73 Å². The Morgan fingerprint density at radius 3 is 2.90 bits per heavy atom. The molecule has 0 aliphatic carbocycles. The van der Waals surface area contributed by atoms with Gasteiger partial charge in [0.2, 0.25) is 0 Å². The van der Waals surface area contributed by atoms with Crippen LogP contribution in [0.3, 0.4) is 0 Å². The Balaban J connectivity index is 3.03. The van der Waals surface area contributed by atoms with Crippen LogP contribution in [0.2, 0.25) is 0 Å². The fourth-order valence-corrected chi connectivity index (χ4v) is 0.707. The van der Waals surface area contributed by atoms with Gasteiger partial charge in [0.1, 0.15) is 0 Å². The molecule has 1 aromatic rings. The van der Waals surface area contributed by atoms with Crippen molar-refractivity contribution in [1.29, 1.82) is 0 Å². The first kappa shape index (κ1) is 6.63. The highest BCUT2D eigenvalue weighted by molar-refractivity contribution is 5.32. The Bertz CT molecular complexity index is 281. The van der Waals surface area contributed by atoms with Gasteiger partial charge in [-0.15, -0.1) is 0 Å². The van der Waals surface area contributed by atoms with Crippen molar-refractivity contribution in [3.63, 3.8) is 0 Å². The zero-order valence-corrected chi connectivity index (χ0v) is 5.76. The second-order valence-corrected chi connectivity index (χ2v) is 2.02. The van der Waals surface area contributed by atoms with E-state index in [1.807, 2.05) is 13.0 Å². The summed E-state index contributed by atoms with van der Waals surface area (Å²) in [6.07, 6.45) is 3.47. The molecule has 0 aromatic carbocycles. The highest BCUT2D eigenvalue weighted by Crippen LogP contribution is 1.97. The number of hydrogen-bond acceptors (Lipinski definition) is 2. The predicted molar refractivity (Wildman–Crippen MR) is 40.0 cm³/mol. The molecule has 2 heteroatoms. The summed E-state index contributed by atoms with van der Waals surface area (Å²) in [6, 6.07) is 4.26. The van der Waals surface area contributed by atoms with Crippen molar-refractivity contribution in [2.45, 2.75) is 6.92 Å². The van der Waals surface area contributed by atoms with Crippen molar-refractivity contribution < 1.29 is 0 Å². The summed E-state index contributed by atoms with van der Waals surface area (Å²) in [5.41, 5.74) is 6.98. The molecule has 2 N–H and O–H groups in total. The molecule has 1 heterocycles. The van der Waals surface area contributed by atoms with Gasteiger partial charge in [0.05, 0.1) is 0 Å². The largest absolute Gasteiger partial charge is 0.359 e. The Morgan fingerprint density at radius 1 is 1.50 bits per heavy atom. The van der Waals surface area contributed by atoms with Gasteiger partial charge in [-0.1, -0.05) is 0 Å². The van der Waals surface area contributed by atoms with Gasteiger partial charge >= 0.3 is 0 Å². The SMILES string of the molecule is Cc1cncc(C#CN)c1. The summed E-state index contributed by atoms with van der Waals surface area (Å²) in [5.74, 6) is 2.71. The average Bonchev–Trinajstić information content (AvgIpc) is 1.88. The number of aromatic nitrogens is 1. The van der Waals surface area contributed by atoms with Crippen LogP contribution in [-0.2, 0) is 0 Å². The van der Waals surface area contributed by atoms with Gasteiger partial charge in [-0.05, 0) is 24.5 Å². The van der Waals surface area contributed by atoms with Crippen LogP contribution in [0.4, 0.5) is 0 Å². The first-order chi connectivity index (χ1) is 4.83. The smallest absolute Gasteiger partial charge is 0.0449 e. The predicted octanol–water partition coefficient (Wildman–Crippen LogP) is 0.658. The molecule has 0 amide bonds. The minimum absolute atomic E-state index is 0.863. The Morgan fingerprint density at radius 2 is 2.30 bits per heavy atom. The standard InChI is InChI=1S/C8H8N2/c1-7-4-8(2-3-9)6-10-5-7/h4-6H,9H2,1H3. The molecular formula is C8H8N2. The van der Waals surface area contributed by atoms with E-state index in [9.17, 15) is 0 Å². The molecule has 50 valence electrons. The van der Waals surface area contributed by atoms with E-state index < -0.39 is 0 Å². The molecule has 2 nitrogen and oxygen atoms in total. The van der Waals surface area contributed by atoms with E-state index in [0.29, 0.717) is 0 Å². The molecule has 0 radical (unpaired) electrons. The van der Waals surface area contributed by atoms with Crippen LogP contribution in [-0.4, -0.2) is 4.98 Å². The molecule has 0 spiro atoms. The topological polar surface area (TPSA) is 38.9 Å². The lowest BCUT2D eigenvalue weighted by Gasteiger charge is -1.89. The summed E-state index contributed by atoms with van der Waals surface area (Å²) in [5, 5.41) is 0. The van der Waals surface area contributed by atoms with E-state index in [2.05, 4.69) is 16.9 Å². The van der Waals surface area contributed by atoms with Gasteiger partial charge in [-0.25, -0.2) is 0 Å². The monoisotopic (exact) mass is 132 g/mol. The molecule has 1 aromatic heterocycles. The van der Waals surface area contributed by atoms with Crippen LogP contribution in [0.1, 0.15) is 11.1 Å². The fourth-order valence-electron chi connectivity index (χ4n) is 0.707. The van der Waals surface area contributed by atoms with E-state index in [-0.39, 0.29) is 0 Å². The molecule has 0 saturated carbocycles. The quantitative estimate of drug-likeness (QED) is 0.416. The van der Waals surface area contributed by atoms with Crippen molar-refractivity contribution in [2.24, 2.45) is 5.73 Å². The molecule has 0 aliphatic rings. The third-order valence-electron chi connectivity index (χ3n) is 1.09. The summed E-state index contributed by atoms with van der Waals surface area (Å²) in [7, 11) is 0. The number of hydrogen-bond donors (Lipinski definition) is 1. The van der Waals surface area contributed by atoms with Gasteiger partial charge in [-0.3, -0.25) is 4.98 Å². The van der Waals surface area contributed by atoms with Crippen LogP contribution in [0.25, 0.3) is 0 Å². The van der Waals surface area contributed by atoms with Gasteiger partial charge in [0, 0.05) is 24.0 Å². The van der Waals surface area contributed by atoms with Crippen molar-refractivity contribution in [1.82, 2.24) is 4.98 Å². The highest BCUT2D eigenvalue weighted by Gasteiger charge is 1.86. The maximum absolute atomic E-state index is 5.02. The lowest BCUT2D eigenvalue weighted by molar-refractivity contribution is 1.26. The Kier molecular flexibility index (Phi) is 1.91. The van der Waals surface area contributed by atoms with Crippen LogP contribution >= 0.6 is 0 Å². The lowest BCUT2D eigenvalue weighted by Crippen LogP contribution is -1.82. The minimum atomic E-state index is 0.863. The first-order valence-electron chi connectivity index (χ1n) is 2.96. The zero-order chi connectivity index (χ0) is 7.40. The summed E-state index contributed by atoms with van der Waals surface area (Å²) in [6.45, 7) is 1.97. The van der Waals surface area contributed by atoms with Crippen LogP contribution in [0.15, 0.2) is 18.5 Å². The van der Waals surface area contributed by atoms with Crippen LogP contribution in [0, 0.1) is 18.9 Å². The second kappa shape index (κ2) is 2.88. The van der Waals surface area contributed by atoms with Crippen molar-refractivity contribution in [3.05, 3.63) is 29.6 Å². The molecule has 1 rings (SSSR count). The Labute approximate surface area is 60.1 Å². The van der Waals surface area contributed by atoms with Gasteiger partial charge in [0.25, 0.3) is 0 Å². The van der Waals surface area contributed by atoms with Gasteiger partial charge in [0.15, 0.2) is 0 Å². The van der Waals surface area contributed by atoms with Crippen molar-refractivity contribution in [2.75, 3.05) is 0 Å². The molecular weight excluding hydrogens is 124 g/mol. The average molecular weight is 132 g/mol. The minimum Gasteiger partial charge on any atom is -0.359 e. The number of nitrogens with two attached hydrogens (primary N) is 1. The molecule has 0 aliphatic heterocycles. The fraction of sp³-hybridized carbons (Fsp3) is 0.125. The third kappa shape index (κ3) is 1.49. The van der Waals surface area contributed by atoms with E-state index >= 15 is 0 Å². The molecule has 0 unspecified atom stereocenters.